The summed E-state index contributed by atoms with van der Waals surface area (Å²) in [6, 6.07) is 0.113. The second-order valence-corrected chi connectivity index (χ2v) is 6.01. The number of amides is 2. The Morgan fingerprint density at radius 2 is 2.20 bits per heavy atom. The van der Waals surface area contributed by atoms with Gasteiger partial charge in [-0.2, -0.15) is 0 Å². The topological polar surface area (TPSA) is 69.6 Å². The summed E-state index contributed by atoms with van der Waals surface area (Å²) in [7, 11) is 1.55. The van der Waals surface area contributed by atoms with Crippen LogP contribution in [0, 0.1) is 11.3 Å². The first-order valence-corrected chi connectivity index (χ1v) is 7.02. The predicted octanol–water partition coefficient (Wildman–Crippen LogP) is 2.01. The minimum absolute atomic E-state index is 0.0803. The van der Waals surface area contributed by atoms with E-state index in [9.17, 15) is 9.59 Å². The summed E-state index contributed by atoms with van der Waals surface area (Å²) in [6.07, 6.45) is 9.46. The highest BCUT2D eigenvalue weighted by Gasteiger charge is 2.42. The molecule has 0 aromatic heterocycles. The molecule has 0 spiro atoms. The van der Waals surface area contributed by atoms with Gasteiger partial charge in [-0.3, -0.25) is 4.79 Å². The number of allylic oxidation sites excluding steroid dienone is 2. The molecule has 3 unspecified atom stereocenters. The van der Waals surface area contributed by atoms with Crippen LogP contribution in [-0.4, -0.2) is 41.6 Å². The highest BCUT2D eigenvalue weighted by molar-refractivity contribution is 5.84. The lowest BCUT2D eigenvalue weighted by molar-refractivity contribution is -0.135. The fourth-order valence-electron chi connectivity index (χ4n) is 2.96. The number of hydrogen-bond acceptors (Lipinski definition) is 2. The van der Waals surface area contributed by atoms with Crippen molar-refractivity contribution >= 4 is 12.0 Å². The molecule has 1 fully saturated rings. The maximum absolute atomic E-state index is 12.3. The summed E-state index contributed by atoms with van der Waals surface area (Å²) >= 11 is 0. The molecule has 3 atom stereocenters. The van der Waals surface area contributed by atoms with Crippen LogP contribution in [0.15, 0.2) is 24.3 Å². The van der Waals surface area contributed by atoms with Crippen molar-refractivity contribution in [3.05, 3.63) is 24.3 Å². The number of carbonyl (C=O) groups excluding carboxylic acids is 1. The van der Waals surface area contributed by atoms with Crippen molar-refractivity contribution in [2.45, 2.75) is 32.2 Å². The summed E-state index contributed by atoms with van der Waals surface area (Å²) in [5.41, 5.74) is -0.407. The van der Waals surface area contributed by atoms with E-state index in [-0.39, 0.29) is 11.9 Å². The second kappa shape index (κ2) is 5.69. The third kappa shape index (κ3) is 3.03. The quantitative estimate of drug-likeness (QED) is 0.826. The van der Waals surface area contributed by atoms with E-state index in [1.165, 1.54) is 4.90 Å². The molecule has 20 heavy (non-hydrogen) atoms. The third-order valence-electron chi connectivity index (χ3n) is 4.33. The molecule has 0 bridgehead atoms. The van der Waals surface area contributed by atoms with Gasteiger partial charge in [-0.05, 0) is 19.3 Å². The average Bonchev–Trinajstić information content (AvgIpc) is 2.40. The van der Waals surface area contributed by atoms with Gasteiger partial charge in [-0.1, -0.05) is 31.2 Å². The average molecular weight is 278 g/mol. The molecule has 0 aromatic rings. The van der Waals surface area contributed by atoms with E-state index >= 15 is 0 Å². The largest absolute Gasteiger partial charge is 0.465 e. The van der Waals surface area contributed by atoms with Crippen molar-refractivity contribution in [2.75, 3.05) is 13.6 Å². The first-order valence-electron chi connectivity index (χ1n) is 7.02. The summed E-state index contributed by atoms with van der Waals surface area (Å²) < 4.78 is 0. The molecule has 1 saturated heterocycles. The van der Waals surface area contributed by atoms with Gasteiger partial charge in [0.25, 0.3) is 0 Å². The number of hydrogen-bond donors (Lipinski definition) is 2. The standard InChI is InChI=1S/C15H22N2O3/c1-15(8-5-9-17(2)14(19)20)10-11-6-3-4-7-12(11)16-13(15)18/h3-4,6-7,11-12H,5,8-10H2,1-2H3,(H,16,18)(H,19,20). The van der Waals surface area contributed by atoms with Gasteiger partial charge in [0.05, 0.1) is 6.04 Å². The van der Waals surface area contributed by atoms with E-state index < -0.39 is 11.5 Å². The molecule has 1 aliphatic heterocycles. The first-order chi connectivity index (χ1) is 9.42. The van der Waals surface area contributed by atoms with Gasteiger partial charge in [-0.25, -0.2) is 4.79 Å². The maximum atomic E-state index is 12.3. The van der Waals surface area contributed by atoms with Crippen molar-refractivity contribution in [1.29, 1.82) is 0 Å². The van der Waals surface area contributed by atoms with Crippen LogP contribution in [0.1, 0.15) is 26.2 Å². The van der Waals surface area contributed by atoms with Gasteiger partial charge < -0.3 is 15.3 Å². The highest BCUT2D eigenvalue weighted by Crippen LogP contribution is 2.38. The fourth-order valence-corrected chi connectivity index (χ4v) is 2.96. The van der Waals surface area contributed by atoms with Crippen molar-refractivity contribution in [2.24, 2.45) is 11.3 Å². The van der Waals surface area contributed by atoms with Crippen LogP contribution in [-0.2, 0) is 4.79 Å². The van der Waals surface area contributed by atoms with Crippen LogP contribution in [0.4, 0.5) is 4.79 Å². The second-order valence-electron chi connectivity index (χ2n) is 6.01. The van der Waals surface area contributed by atoms with Crippen molar-refractivity contribution in [3.8, 4) is 0 Å². The Morgan fingerprint density at radius 3 is 2.90 bits per heavy atom. The van der Waals surface area contributed by atoms with Crippen LogP contribution in [0.25, 0.3) is 0 Å². The van der Waals surface area contributed by atoms with Gasteiger partial charge in [-0.15, -0.1) is 0 Å². The van der Waals surface area contributed by atoms with E-state index in [1.807, 2.05) is 25.2 Å². The molecule has 2 rings (SSSR count). The zero-order valence-corrected chi connectivity index (χ0v) is 12.0. The molecule has 5 heteroatoms. The van der Waals surface area contributed by atoms with Crippen LogP contribution in [0.2, 0.25) is 0 Å². The number of piperidine rings is 1. The molecule has 2 amide bonds. The van der Waals surface area contributed by atoms with Crippen LogP contribution < -0.4 is 5.32 Å². The first kappa shape index (κ1) is 14.6. The lowest BCUT2D eigenvalue weighted by Crippen LogP contribution is -2.53. The van der Waals surface area contributed by atoms with Gasteiger partial charge in [0.2, 0.25) is 5.91 Å². The molecule has 0 saturated carbocycles. The predicted molar refractivity (Wildman–Crippen MR) is 76.3 cm³/mol. The summed E-state index contributed by atoms with van der Waals surface area (Å²) in [4.78, 5) is 24.3. The van der Waals surface area contributed by atoms with Crippen LogP contribution >= 0.6 is 0 Å². The molecule has 5 nitrogen and oxygen atoms in total. The number of nitrogens with one attached hydrogen (secondary N) is 1. The van der Waals surface area contributed by atoms with Gasteiger partial charge in [0, 0.05) is 24.9 Å². The normalized spacial score (nSPS) is 31.6. The molecule has 110 valence electrons. The Kier molecular flexibility index (Phi) is 4.16. The Labute approximate surface area is 119 Å². The monoisotopic (exact) mass is 278 g/mol. The van der Waals surface area contributed by atoms with Gasteiger partial charge in [0.1, 0.15) is 0 Å². The van der Waals surface area contributed by atoms with E-state index in [1.54, 1.807) is 7.05 Å². The zero-order chi connectivity index (χ0) is 14.8. The van der Waals surface area contributed by atoms with Gasteiger partial charge in [0.15, 0.2) is 0 Å². The summed E-state index contributed by atoms with van der Waals surface area (Å²) in [5, 5.41) is 11.9. The Hall–Kier alpha value is -1.78. The number of nitrogens with zero attached hydrogens (tertiary/aromatic N) is 1. The van der Waals surface area contributed by atoms with E-state index in [0.717, 1.165) is 6.42 Å². The SMILES string of the molecule is CN(CCCC1(C)CC2C=CC=CC2NC1=O)C(=O)O. The lowest BCUT2D eigenvalue weighted by Gasteiger charge is -2.41. The van der Waals surface area contributed by atoms with Crippen LogP contribution in [0.3, 0.4) is 0 Å². The minimum Gasteiger partial charge on any atom is -0.465 e. The molecule has 2 N–H and O–H groups in total. The number of fused-ring (bicyclic) bond motifs is 1. The summed E-state index contributed by atoms with van der Waals surface area (Å²) in [6.45, 7) is 2.44. The van der Waals surface area contributed by atoms with Crippen molar-refractivity contribution in [1.82, 2.24) is 10.2 Å². The molecular weight excluding hydrogens is 256 g/mol. The number of rotatable bonds is 4. The van der Waals surface area contributed by atoms with Crippen molar-refractivity contribution < 1.29 is 14.7 Å². The Balaban J connectivity index is 1.92. The highest BCUT2D eigenvalue weighted by atomic mass is 16.4. The number of carboxylic acid groups (broad SMARTS) is 1. The smallest absolute Gasteiger partial charge is 0.407 e. The lowest BCUT2D eigenvalue weighted by atomic mass is 9.70. The molecular formula is C15H22N2O3. The molecule has 2 aliphatic rings. The van der Waals surface area contributed by atoms with E-state index in [4.69, 9.17) is 5.11 Å². The molecule has 0 aromatic carbocycles. The van der Waals surface area contributed by atoms with Crippen LogP contribution in [0.5, 0.6) is 0 Å². The summed E-state index contributed by atoms with van der Waals surface area (Å²) in [5.74, 6) is 0.427. The zero-order valence-electron chi connectivity index (χ0n) is 12.0. The maximum Gasteiger partial charge on any atom is 0.407 e. The fraction of sp³-hybridized carbons (Fsp3) is 0.600. The molecule has 1 aliphatic carbocycles. The Morgan fingerprint density at radius 1 is 1.50 bits per heavy atom. The van der Waals surface area contributed by atoms with Gasteiger partial charge >= 0.3 is 6.09 Å². The van der Waals surface area contributed by atoms with E-state index in [0.29, 0.717) is 25.3 Å². The molecule has 1 heterocycles. The minimum atomic E-state index is -0.927. The molecule has 0 radical (unpaired) electrons. The van der Waals surface area contributed by atoms with Crippen molar-refractivity contribution in [3.63, 3.8) is 0 Å². The Bertz CT molecular complexity index is 458. The number of carbonyl (C=O) groups is 2. The van der Waals surface area contributed by atoms with E-state index in [2.05, 4.69) is 11.4 Å². The third-order valence-corrected chi connectivity index (χ3v) is 4.33.